The van der Waals surface area contributed by atoms with E-state index in [4.69, 9.17) is 11.6 Å². The summed E-state index contributed by atoms with van der Waals surface area (Å²) in [4.78, 5) is 8.07. The Balaban J connectivity index is 2.11. The molecule has 1 heterocycles. The summed E-state index contributed by atoms with van der Waals surface area (Å²) in [5.74, 6) is 0.203. The van der Waals surface area contributed by atoms with Crippen LogP contribution in [0.25, 0.3) is 0 Å². The van der Waals surface area contributed by atoms with Crippen molar-refractivity contribution in [2.24, 2.45) is 0 Å². The van der Waals surface area contributed by atoms with Crippen molar-refractivity contribution in [1.29, 1.82) is 0 Å². The zero-order chi connectivity index (χ0) is 12.3. The van der Waals surface area contributed by atoms with E-state index in [0.29, 0.717) is 11.1 Å². The minimum absolute atomic E-state index is 0.0194. The van der Waals surface area contributed by atoms with Gasteiger partial charge >= 0.3 is 0 Å². The third kappa shape index (κ3) is 3.14. The topological polar surface area (TPSA) is 37.8 Å². The van der Waals surface area contributed by atoms with E-state index in [2.05, 4.69) is 15.3 Å². The molecule has 0 bridgehead atoms. The molecule has 5 heteroatoms. The summed E-state index contributed by atoms with van der Waals surface area (Å²) in [6, 6.07) is 7.87. The van der Waals surface area contributed by atoms with Crippen LogP contribution in [-0.4, -0.2) is 9.97 Å². The van der Waals surface area contributed by atoms with E-state index >= 15 is 0 Å². The molecule has 2 aromatic rings. The largest absolute Gasteiger partial charge is 0.348 e. The van der Waals surface area contributed by atoms with E-state index in [9.17, 15) is 4.39 Å². The lowest BCUT2D eigenvalue weighted by atomic mass is 10.1. The smallest absolute Gasteiger partial charge is 0.224 e. The number of halogens is 2. The molecule has 0 radical (unpaired) electrons. The normalized spacial score (nSPS) is 12.2. The van der Waals surface area contributed by atoms with Crippen LogP contribution in [0.2, 0.25) is 5.15 Å². The molecule has 17 heavy (non-hydrogen) atoms. The molecular weight excluding hydrogens is 241 g/mol. The molecule has 1 atom stereocenters. The fraction of sp³-hybridized carbons (Fsp3) is 0.167. The highest BCUT2D eigenvalue weighted by Gasteiger charge is 2.07. The SMILES string of the molecule is C[C@H](Nc1nccc(Cl)n1)c1ccc(F)cc1. The quantitative estimate of drug-likeness (QED) is 0.849. The Bertz CT molecular complexity index is 501. The van der Waals surface area contributed by atoms with E-state index < -0.39 is 0 Å². The van der Waals surface area contributed by atoms with Crippen molar-refractivity contribution < 1.29 is 4.39 Å². The fourth-order valence-electron chi connectivity index (χ4n) is 1.43. The molecule has 0 spiro atoms. The van der Waals surface area contributed by atoms with Crippen molar-refractivity contribution in [3.63, 3.8) is 0 Å². The monoisotopic (exact) mass is 251 g/mol. The minimum Gasteiger partial charge on any atom is -0.348 e. The first-order valence-corrected chi connectivity index (χ1v) is 5.53. The van der Waals surface area contributed by atoms with Gasteiger partial charge < -0.3 is 5.32 Å². The van der Waals surface area contributed by atoms with E-state index in [0.717, 1.165) is 5.56 Å². The van der Waals surface area contributed by atoms with E-state index in [-0.39, 0.29) is 11.9 Å². The minimum atomic E-state index is -0.250. The van der Waals surface area contributed by atoms with E-state index in [1.165, 1.54) is 12.1 Å². The van der Waals surface area contributed by atoms with Crippen LogP contribution in [0.3, 0.4) is 0 Å². The summed E-state index contributed by atoms with van der Waals surface area (Å²) in [5.41, 5.74) is 0.954. The van der Waals surface area contributed by atoms with Gasteiger partial charge in [0.25, 0.3) is 0 Å². The first kappa shape index (κ1) is 11.8. The van der Waals surface area contributed by atoms with Gasteiger partial charge in [0.2, 0.25) is 5.95 Å². The number of nitrogens with zero attached hydrogens (tertiary/aromatic N) is 2. The molecule has 0 amide bonds. The Labute approximate surface area is 104 Å². The molecule has 0 saturated heterocycles. The lowest BCUT2D eigenvalue weighted by Gasteiger charge is -2.13. The second kappa shape index (κ2) is 5.10. The van der Waals surface area contributed by atoms with Gasteiger partial charge in [0.15, 0.2) is 0 Å². The summed E-state index contributed by atoms with van der Waals surface area (Å²) in [5, 5.41) is 3.47. The molecule has 0 unspecified atom stereocenters. The lowest BCUT2D eigenvalue weighted by Crippen LogP contribution is -2.09. The third-order valence-electron chi connectivity index (χ3n) is 2.34. The Morgan fingerprint density at radius 2 is 1.94 bits per heavy atom. The zero-order valence-electron chi connectivity index (χ0n) is 9.19. The highest BCUT2D eigenvalue weighted by Crippen LogP contribution is 2.17. The summed E-state index contributed by atoms with van der Waals surface area (Å²) >= 11 is 5.75. The van der Waals surface area contributed by atoms with Crippen LogP contribution in [0.5, 0.6) is 0 Å². The second-order valence-electron chi connectivity index (χ2n) is 3.62. The van der Waals surface area contributed by atoms with Crippen LogP contribution >= 0.6 is 11.6 Å². The van der Waals surface area contributed by atoms with Crippen LogP contribution in [0.4, 0.5) is 10.3 Å². The van der Waals surface area contributed by atoms with E-state index in [1.54, 1.807) is 24.4 Å². The van der Waals surface area contributed by atoms with Gasteiger partial charge in [-0.2, -0.15) is 0 Å². The molecule has 88 valence electrons. The van der Waals surface area contributed by atoms with Crippen LogP contribution < -0.4 is 5.32 Å². The molecule has 0 saturated carbocycles. The number of aromatic nitrogens is 2. The van der Waals surface area contributed by atoms with Crippen molar-refractivity contribution in [2.75, 3.05) is 5.32 Å². The zero-order valence-corrected chi connectivity index (χ0v) is 9.95. The second-order valence-corrected chi connectivity index (χ2v) is 4.01. The van der Waals surface area contributed by atoms with Gasteiger partial charge in [-0.3, -0.25) is 0 Å². The molecular formula is C12H11ClFN3. The van der Waals surface area contributed by atoms with Crippen LogP contribution in [0.15, 0.2) is 36.5 Å². The number of hydrogen-bond donors (Lipinski definition) is 1. The number of nitrogens with one attached hydrogen (secondary N) is 1. The molecule has 0 aliphatic carbocycles. The van der Waals surface area contributed by atoms with Gasteiger partial charge in [-0.1, -0.05) is 23.7 Å². The third-order valence-corrected chi connectivity index (χ3v) is 2.55. The van der Waals surface area contributed by atoms with Crippen molar-refractivity contribution in [1.82, 2.24) is 9.97 Å². The predicted octanol–water partition coefficient (Wildman–Crippen LogP) is 3.44. The molecule has 1 aromatic carbocycles. The average molecular weight is 252 g/mol. The number of rotatable bonds is 3. The van der Waals surface area contributed by atoms with Gasteiger partial charge in [-0.05, 0) is 30.7 Å². The van der Waals surface area contributed by atoms with Crippen molar-refractivity contribution in [3.05, 3.63) is 53.1 Å². The number of hydrogen-bond acceptors (Lipinski definition) is 3. The molecule has 1 aromatic heterocycles. The number of anilines is 1. The van der Waals surface area contributed by atoms with Gasteiger partial charge in [0, 0.05) is 6.20 Å². The van der Waals surface area contributed by atoms with Gasteiger partial charge in [0.05, 0.1) is 6.04 Å². The first-order valence-electron chi connectivity index (χ1n) is 5.16. The van der Waals surface area contributed by atoms with Crippen molar-refractivity contribution in [2.45, 2.75) is 13.0 Å². The molecule has 1 N–H and O–H groups in total. The predicted molar refractivity (Wildman–Crippen MR) is 65.5 cm³/mol. The maximum atomic E-state index is 12.8. The van der Waals surface area contributed by atoms with Gasteiger partial charge in [-0.15, -0.1) is 0 Å². The average Bonchev–Trinajstić information content (AvgIpc) is 2.29. The summed E-state index contributed by atoms with van der Waals surface area (Å²) < 4.78 is 12.8. The Morgan fingerprint density at radius 1 is 1.24 bits per heavy atom. The molecule has 0 fully saturated rings. The molecule has 3 nitrogen and oxygen atoms in total. The van der Waals surface area contributed by atoms with Gasteiger partial charge in [-0.25, -0.2) is 14.4 Å². The lowest BCUT2D eigenvalue weighted by molar-refractivity contribution is 0.626. The highest BCUT2D eigenvalue weighted by molar-refractivity contribution is 6.29. The molecule has 2 rings (SSSR count). The summed E-state index contributed by atoms with van der Waals surface area (Å²) in [7, 11) is 0. The first-order chi connectivity index (χ1) is 8.15. The maximum absolute atomic E-state index is 12.8. The van der Waals surface area contributed by atoms with Crippen molar-refractivity contribution >= 4 is 17.5 Å². The molecule has 0 aliphatic rings. The Kier molecular flexibility index (Phi) is 3.54. The van der Waals surface area contributed by atoms with E-state index in [1.807, 2.05) is 6.92 Å². The van der Waals surface area contributed by atoms with Crippen LogP contribution in [0.1, 0.15) is 18.5 Å². The highest BCUT2D eigenvalue weighted by atomic mass is 35.5. The Hall–Kier alpha value is -1.68. The summed E-state index contributed by atoms with van der Waals surface area (Å²) in [6.07, 6.45) is 1.58. The number of benzene rings is 1. The maximum Gasteiger partial charge on any atom is 0.224 e. The Morgan fingerprint density at radius 3 is 2.59 bits per heavy atom. The fourth-order valence-corrected chi connectivity index (χ4v) is 1.57. The van der Waals surface area contributed by atoms with Crippen LogP contribution in [0, 0.1) is 5.82 Å². The van der Waals surface area contributed by atoms with Crippen LogP contribution in [-0.2, 0) is 0 Å². The summed E-state index contributed by atoms with van der Waals surface area (Å²) in [6.45, 7) is 1.94. The molecule has 0 aliphatic heterocycles. The van der Waals surface area contributed by atoms with Crippen molar-refractivity contribution in [3.8, 4) is 0 Å². The van der Waals surface area contributed by atoms with Gasteiger partial charge in [0.1, 0.15) is 11.0 Å². The standard InChI is InChI=1S/C12H11ClFN3/c1-8(9-2-4-10(14)5-3-9)16-12-15-7-6-11(13)17-12/h2-8H,1H3,(H,15,16,17)/t8-/m0/s1.